The van der Waals surface area contributed by atoms with Crippen molar-refractivity contribution in [3.63, 3.8) is 0 Å². The highest BCUT2D eigenvalue weighted by Crippen LogP contribution is 2.22. The van der Waals surface area contributed by atoms with Gasteiger partial charge in [-0.05, 0) is 29.8 Å². The minimum atomic E-state index is -0.287. The van der Waals surface area contributed by atoms with Gasteiger partial charge in [0, 0.05) is 38.6 Å². The molecule has 8 heteroatoms. The number of aromatic nitrogens is 4. The molecule has 0 saturated carbocycles. The molecule has 2 aromatic heterocycles. The van der Waals surface area contributed by atoms with E-state index >= 15 is 0 Å². The molecular weight excluding hydrogens is 353 g/mol. The van der Waals surface area contributed by atoms with Crippen molar-refractivity contribution in [3.05, 3.63) is 60.2 Å². The SMILES string of the molecule is CN(Cc1ccc(F)cc1)C(=O)CSc1nnc(-c2cccnc2)n1C. The van der Waals surface area contributed by atoms with Crippen molar-refractivity contribution in [2.24, 2.45) is 7.05 Å². The standard InChI is InChI=1S/C18H18FN5OS/c1-23(11-13-5-7-15(19)8-6-13)16(25)12-26-18-22-21-17(24(18)2)14-4-3-9-20-10-14/h3-10H,11-12H2,1-2H3. The maximum atomic E-state index is 13.0. The van der Waals surface area contributed by atoms with Crippen LogP contribution < -0.4 is 0 Å². The molecule has 0 aliphatic rings. The van der Waals surface area contributed by atoms with Crippen molar-refractivity contribution in [2.75, 3.05) is 12.8 Å². The maximum absolute atomic E-state index is 13.0. The van der Waals surface area contributed by atoms with Crippen LogP contribution in [0.3, 0.4) is 0 Å². The summed E-state index contributed by atoms with van der Waals surface area (Å²) in [6.07, 6.45) is 3.42. The summed E-state index contributed by atoms with van der Waals surface area (Å²) in [6, 6.07) is 9.88. The molecule has 0 fully saturated rings. The Morgan fingerprint density at radius 1 is 1.23 bits per heavy atom. The number of hydrogen-bond donors (Lipinski definition) is 0. The van der Waals surface area contributed by atoms with Crippen LogP contribution in [0.4, 0.5) is 4.39 Å². The fraction of sp³-hybridized carbons (Fsp3) is 0.222. The second kappa shape index (κ2) is 8.09. The van der Waals surface area contributed by atoms with Gasteiger partial charge < -0.3 is 9.47 Å². The van der Waals surface area contributed by atoms with E-state index in [4.69, 9.17) is 0 Å². The highest BCUT2D eigenvalue weighted by molar-refractivity contribution is 7.99. The summed E-state index contributed by atoms with van der Waals surface area (Å²) in [4.78, 5) is 18.0. The van der Waals surface area contributed by atoms with E-state index in [2.05, 4.69) is 15.2 Å². The number of pyridine rings is 1. The molecule has 134 valence electrons. The first kappa shape index (κ1) is 18.1. The van der Waals surface area contributed by atoms with Gasteiger partial charge in [-0.2, -0.15) is 0 Å². The molecule has 26 heavy (non-hydrogen) atoms. The summed E-state index contributed by atoms with van der Waals surface area (Å²) in [5.41, 5.74) is 1.75. The van der Waals surface area contributed by atoms with Gasteiger partial charge >= 0.3 is 0 Å². The molecule has 3 aromatic rings. The molecule has 1 aromatic carbocycles. The van der Waals surface area contributed by atoms with Crippen LogP contribution in [0.1, 0.15) is 5.56 Å². The fourth-order valence-electron chi connectivity index (χ4n) is 2.38. The predicted molar refractivity (Wildman–Crippen MR) is 97.8 cm³/mol. The molecule has 0 unspecified atom stereocenters. The van der Waals surface area contributed by atoms with Crippen LogP contribution in [0.2, 0.25) is 0 Å². The summed E-state index contributed by atoms with van der Waals surface area (Å²) < 4.78 is 14.8. The van der Waals surface area contributed by atoms with Gasteiger partial charge in [-0.25, -0.2) is 4.39 Å². The van der Waals surface area contributed by atoms with Crippen molar-refractivity contribution >= 4 is 17.7 Å². The van der Waals surface area contributed by atoms with Crippen LogP contribution >= 0.6 is 11.8 Å². The van der Waals surface area contributed by atoms with Crippen LogP contribution in [-0.2, 0) is 18.4 Å². The summed E-state index contributed by atoms with van der Waals surface area (Å²) in [7, 11) is 3.58. The number of nitrogens with zero attached hydrogens (tertiary/aromatic N) is 5. The number of halogens is 1. The third-order valence-electron chi connectivity index (χ3n) is 3.84. The molecule has 0 spiro atoms. The monoisotopic (exact) mass is 371 g/mol. The molecule has 0 bridgehead atoms. The Morgan fingerprint density at radius 2 is 2.00 bits per heavy atom. The lowest BCUT2D eigenvalue weighted by Gasteiger charge is -2.17. The minimum absolute atomic E-state index is 0.0368. The largest absolute Gasteiger partial charge is 0.341 e. The first-order chi connectivity index (χ1) is 12.5. The lowest BCUT2D eigenvalue weighted by Crippen LogP contribution is -2.27. The van der Waals surface area contributed by atoms with Crippen molar-refractivity contribution in [1.82, 2.24) is 24.6 Å². The minimum Gasteiger partial charge on any atom is -0.341 e. The molecule has 1 amide bonds. The first-order valence-corrected chi connectivity index (χ1v) is 8.94. The Balaban J connectivity index is 1.59. The molecule has 0 N–H and O–H groups in total. The smallest absolute Gasteiger partial charge is 0.233 e. The molecule has 2 heterocycles. The van der Waals surface area contributed by atoms with Crippen molar-refractivity contribution in [2.45, 2.75) is 11.7 Å². The zero-order valence-electron chi connectivity index (χ0n) is 14.5. The Kier molecular flexibility index (Phi) is 5.62. The van der Waals surface area contributed by atoms with Crippen LogP contribution in [0.5, 0.6) is 0 Å². The van der Waals surface area contributed by atoms with Gasteiger partial charge in [-0.15, -0.1) is 10.2 Å². The zero-order chi connectivity index (χ0) is 18.5. The molecule has 0 atom stereocenters. The maximum Gasteiger partial charge on any atom is 0.233 e. The predicted octanol–water partition coefficient (Wildman–Crippen LogP) is 2.77. The van der Waals surface area contributed by atoms with Crippen LogP contribution in [-0.4, -0.2) is 43.4 Å². The van der Waals surface area contributed by atoms with E-state index in [0.717, 1.165) is 11.1 Å². The summed E-state index contributed by atoms with van der Waals surface area (Å²) in [6.45, 7) is 0.430. The quantitative estimate of drug-likeness (QED) is 0.624. The number of carbonyl (C=O) groups excluding carboxylic acids is 1. The van der Waals surface area contributed by atoms with Gasteiger partial charge in [-0.3, -0.25) is 9.78 Å². The third-order valence-corrected chi connectivity index (χ3v) is 4.84. The highest BCUT2D eigenvalue weighted by atomic mass is 32.2. The van der Waals surface area contributed by atoms with Gasteiger partial charge in [0.1, 0.15) is 5.82 Å². The number of amides is 1. The van der Waals surface area contributed by atoms with E-state index in [1.165, 1.54) is 23.9 Å². The van der Waals surface area contributed by atoms with Crippen LogP contribution in [0, 0.1) is 5.82 Å². The number of rotatable bonds is 6. The summed E-state index contributed by atoms with van der Waals surface area (Å²) in [5, 5.41) is 8.99. The van der Waals surface area contributed by atoms with Crippen molar-refractivity contribution in [1.29, 1.82) is 0 Å². The number of benzene rings is 1. The van der Waals surface area contributed by atoms with E-state index in [-0.39, 0.29) is 17.5 Å². The molecule has 6 nitrogen and oxygen atoms in total. The van der Waals surface area contributed by atoms with E-state index in [1.54, 1.807) is 36.5 Å². The Hall–Kier alpha value is -2.74. The number of thioether (sulfide) groups is 1. The first-order valence-electron chi connectivity index (χ1n) is 7.95. The van der Waals surface area contributed by atoms with Gasteiger partial charge in [0.25, 0.3) is 0 Å². The molecule has 0 aliphatic carbocycles. The van der Waals surface area contributed by atoms with Crippen LogP contribution in [0.15, 0.2) is 53.9 Å². The van der Waals surface area contributed by atoms with Crippen molar-refractivity contribution < 1.29 is 9.18 Å². The normalized spacial score (nSPS) is 10.7. The van der Waals surface area contributed by atoms with E-state index in [0.29, 0.717) is 17.5 Å². The average molecular weight is 371 g/mol. The van der Waals surface area contributed by atoms with Gasteiger partial charge in [0.15, 0.2) is 11.0 Å². The third kappa shape index (κ3) is 4.26. The van der Waals surface area contributed by atoms with Gasteiger partial charge in [-0.1, -0.05) is 23.9 Å². The molecule has 3 rings (SSSR count). The van der Waals surface area contributed by atoms with E-state index < -0.39 is 0 Å². The average Bonchev–Trinajstić information content (AvgIpc) is 3.03. The van der Waals surface area contributed by atoms with E-state index in [1.807, 2.05) is 23.7 Å². The lowest BCUT2D eigenvalue weighted by molar-refractivity contribution is -0.127. The zero-order valence-corrected chi connectivity index (χ0v) is 15.3. The second-order valence-electron chi connectivity index (χ2n) is 5.77. The summed E-state index contributed by atoms with van der Waals surface area (Å²) in [5.74, 6) is 0.624. The number of hydrogen-bond acceptors (Lipinski definition) is 5. The highest BCUT2D eigenvalue weighted by Gasteiger charge is 2.15. The molecule has 0 aliphatic heterocycles. The molecule has 0 saturated heterocycles. The Labute approximate surface area is 155 Å². The topological polar surface area (TPSA) is 63.9 Å². The molecule has 0 radical (unpaired) electrons. The Bertz CT molecular complexity index is 882. The lowest BCUT2D eigenvalue weighted by atomic mass is 10.2. The van der Waals surface area contributed by atoms with Crippen molar-refractivity contribution in [3.8, 4) is 11.4 Å². The number of carbonyl (C=O) groups is 1. The van der Waals surface area contributed by atoms with Gasteiger partial charge in [0.2, 0.25) is 5.91 Å². The summed E-state index contributed by atoms with van der Waals surface area (Å²) >= 11 is 1.33. The Morgan fingerprint density at radius 3 is 2.69 bits per heavy atom. The van der Waals surface area contributed by atoms with Gasteiger partial charge in [0.05, 0.1) is 5.75 Å². The van der Waals surface area contributed by atoms with E-state index in [9.17, 15) is 9.18 Å². The van der Waals surface area contributed by atoms with Crippen LogP contribution in [0.25, 0.3) is 11.4 Å². The second-order valence-corrected chi connectivity index (χ2v) is 6.71. The fourth-order valence-corrected chi connectivity index (χ4v) is 3.23. The molecular formula is C18H18FN5OS.